The highest BCUT2D eigenvalue weighted by Crippen LogP contribution is 2.43. The lowest BCUT2D eigenvalue weighted by molar-refractivity contribution is 0.107. The first-order chi connectivity index (χ1) is 20.7. The van der Waals surface area contributed by atoms with E-state index >= 15 is 8.78 Å². The SMILES string of the molecule is C[C@]12CCC(CN(c3nc(OC[C@@]45CCCN4C[C@H](F)C5)nc4c(F)c(-c5cccc6cccc(Cl)c56)c(F)cc34)C1)N2. The molecular weight excluding hydrogens is 575 g/mol. The molecule has 1 aromatic heterocycles. The molecule has 4 saturated heterocycles. The van der Waals surface area contributed by atoms with Crippen molar-refractivity contribution in [1.29, 1.82) is 0 Å². The Kier molecular flexibility index (Phi) is 6.34. The van der Waals surface area contributed by atoms with Gasteiger partial charge in [0, 0.05) is 53.4 Å². The van der Waals surface area contributed by atoms with Crippen molar-refractivity contribution in [3.05, 3.63) is 59.1 Å². The van der Waals surface area contributed by atoms with Gasteiger partial charge in [-0.15, -0.1) is 0 Å². The van der Waals surface area contributed by atoms with Crippen LogP contribution in [0.5, 0.6) is 6.01 Å². The molecular formula is C33H33ClF3N5O. The van der Waals surface area contributed by atoms with E-state index in [0.717, 1.165) is 37.6 Å². The van der Waals surface area contributed by atoms with Crippen molar-refractivity contribution in [2.75, 3.05) is 37.7 Å². The van der Waals surface area contributed by atoms with Gasteiger partial charge in [-0.3, -0.25) is 4.90 Å². The number of aromatic nitrogens is 2. The van der Waals surface area contributed by atoms with Gasteiger partial charge in [0.25, 0.3) is 0 Å². The summed E-state index contributed by atoms with van der Waals surface area (Å²) in [6, 6.07) is 12.3. The van der Waals surface area contributed by atoms with Crippen molar-refractivity contribution in [2.45, 2.75) is 62.3 Å². The van der Waals surface area contributed by atoms with E-state index < -0.39 is 23.3 Å². The number of hydrogen-bond donors (Lipinski definition) is 1. The summed E-state index contributed by atoms with van der Waals surface area (Å²) in [4.78, 5) is 13.6. The van der Waals surface area contributed by atoms with Crippen LogP contribution in [0.15, 0.2) is 42.5 Å². The summed E-state index contributed by atoms with van der Waals surface area (Å²) >= 11 is 6.56. The molecule has 4 atom stereocenters. The average Bonchev–Trinajstić information content (AvgIpc) is 3.60. The van der Waals surface area contributed by atoms with Crippen molar-refractivity contribution in [3.8, 4) is 17.1 Å². The van der Waals surface area contributed by atoms with E-state index in [9.17, 15) is 4.39 Å². The number of piperazine rings is 1. The zero-order chi connectivity index (χ0) is 29.5. The highest BCUT2D eigenvalue weighted by molar-refractivity contribution is 6.36. The predicted molar refractivity (Wildman–Crippen MR) is 163 cm³/mol. The Balaban J connectivity index is 1.28. The second kappa shape index (κ2) is 9.94. The third-order valence-corrected chi connectivity index (χ3v) is 10.4. The first kappa shape index (κ1) is 27.4. The Bertz CT molecular complexity index is 1770. The van der Waals surface area contributed by atoms with E-state index in [1.54, 1.807) is 18.2 Å². The Morgan fingerprint density at radius 2 is 1.95 bits per heavy atom. The fourth-order valence-electron chi connectivity index (χ4n) is 8.17. The van der Waals surface area contributed by atoms with Crippen LogP contribution in [0.3, 0.4) is 0 Å². The average molecular weight is 608 g/mol. The van der Waals surface area contributed by atoms with Crippen LogP contribution < -0.4 is 15.0 Å². The molecule has 4 aliphatic rings. The van der Waals surface area contributed by atoms with Crippen LogP contribution in [0.25, 0.3) is 32.8 Å². The molecule has 43 heavy (non-hydrogen) atoms. The number of alkyl halides is 1. The van der Waals surface area contributed by atoms with Crippen LogP contribution >= 0.6 is 11.6 Å². The predicted octanol–water partition coefficient (Wildman–Crippen LogP) is 6.67. The molecule has 1 unspecified atom stereocenters. The van der Waals surface area contributed by atoms with E-state index in [-0.39, 0.29) is 35.3 Å². The van der Waals surface area contributed by atoms with Crippen molar-refractivity contribution < 1.29 is 17.9 Å². The second-order valence-electron chi connectivity index (χ2n) is 13.1. The summed E-state index contributed by atoms with van der Waals surface area (Å²) in [5.41, 5.74) is -0.374. The molecule has 224 valence electrons. The molecule has 5 heterocycles. The lowest BCUT2D eigenvalue weighted by Gasteiger charge is -2.40. The molecule has 6 nitrogen and oxygen atoms in total. The highest BCUT2D eigenvalue weighted by atomic mass is 35.5. The number of ether oxygens (including phenoxy) is 1. The molecule has 0 saturated carbocycles. The number of benzene rings is 3. The third-order valence-electron chi connectivity index (χ3n) is 10.1. The van der Waals surface area contributed by atoms with E-state index in [1.807, 2.05) is 18.2 Å². The number of nitrogens with one attached hydrogen (secondary N) is 1. The van der Waals surface area contributed by atoms with Crippen LogP contribution in [0.1, 0.15) is 39.0 Å². The maximum Gasteiger partial charge on any atom is 0.319 e. The fourth-order valence-corrected chi connectivity index (χ4v) is 8.45. The van der Waals surface area contributed by atoms with Crippen LogP contribution in [0.4, 0.5) is 19.0 Å². The zero-order valence-corrected chi connectivity index (χ0v) is 24.7. The number of anilines is 1. The summed E-state index contributed by atoms with van der Waals surface area (Å²) in [6.45, 7) is 4.92. The van der Waals surface area contributed by atoms with Gasteiger partial charge in [0.05, 0.1) is 11.1 Å². The topological polar surface area (TPSA) is 53.5 Å². The van der Waals surface area contributed by atoms with E-state index in [0.29, 0.717) is 53.2 Å². The van der Waals surface area contributed by atoms with Gasteiger partial charge in [-0.05, 0) is 62.2 Å². The minimum absolute atomic E-state index is 0.00735. The first-order valence-electron chi connectivity index (χ1n) is 15.1. The lowest BCUT2D eigenvalue weighted by Crippen LogP contribution is -2.58. The van der Waals surface area contributed by atoms with Crippen LogP contribution in [-0.4, -0.2) is 70.9 Å². The maximum atomic E-state index is 16.7. The van der Waals surface area contributed by atoms with Gasteiger partial charge in [-0.2, -0.15) is 9.97 Å². The van der Waals surface area contributed by atoms with E-state index in [4.69, 9.17) is 21.3 Å². The zero-order valence-electron chi connectivity index (χ0n) is 24.0. The van der Waals surface area contributed by atoms with Crippen LogP contribution in [0, 0.1) is 11.6 Å². The quantitative estimate of drug-likeness (QED) is 0.274. The van der Waals surface area contributed by atoms with Crippen molar-refractivity contribution in [1.82, 2.24) is 20.2 Å². The monoisotopic (exact) mass is 607 g/mol. The van der Waals surface area contributed by atoms with Crippen LogP contribution in [-0.2, 0) is 0 Å². The summed E-state index contributed by atoms with van der Waals surface area (Å²) in [5, 5.41) is 5.74. The first-order valence-corrected chi connectivity index (χ1v) is 15.5. The summed E-state index contributed by atoms with van der Waals surface area (Å²) in [5.74, 6) is -1.04. The Hall–Kier alpha value is -3.14. The van der Waals surface area contributed by atoms with Gasteiger partial charge in [0.2, 0.25) is 0 Å². The molecule has 8 rings (SSSR count). The Labute approximate surface area is 253 Å². The van der Waals surface area contributed by atoms with Crippen molar-refractivity contribution in [3.63, 3.8) is 0 Å². The second-order valence-corrected chi connectivity index (χ2v) is 13.5. The molecule has 0 radical (unpaired) electrons. The lowest BCUT2D eigenvalue weighted by atomic mass is 9.95. The summed E-state index contributed by atoms with van der Waals surface area (Å²) in [7, 11) is 0. The number of nitrogens with zero attached hydrogens (tertiary/aromatic N) is 4. The summed E-state index contributed by atoms with van der Waals surface area (Å²) < 4.78 is 53.5. The van der Waals surface area contributed by atoms with Crippen molar-refractivity contribution in [2.24, 2.45) is 0 Å². The minimum atomic E-state index is -0.899. The standard InChI is InChI=1S/C33H33ClF3N5O/c1-32-11-9-21(40-32)16-41(17-32)30-23-13-25(36)27(22-7-2-5-19-6-3-8-24(34)26(19)22)28(37)29(23)38-31(39-30)43-18-33-10-4-12-42(33)15-20(35)14-33/h2-3,5-8,13,20-21,40H,4,9-12,14-18H2,1H3/t20-,21?,32+,33+/m1/s1. The maximum absolute atomic E-state index is 16.7. The van der Waals surface area contributed by atoms with Gasteiger partial charge < -0.3 is 15.0 Å². The molecule has 4 aromatic rings. The molecule has 4 aliphatic heterocycles. The molecule has 3 aromatic carbocycles. The number of halogens is 4. The van der Waals surface area contributed by atoms with Gasteiger partial charge in [0.1, 0.15) is 29.9 Å². The minimum Gasteiger partial charge on any atom is -0.461 e. The molecule has 2 bridgehead atoms. The summed E-state index contributed by atoms with van der Waals surface area (Å²) in [6.07, 6.45) is 3.35. The highest BCUT2D eigenvalue weighted by Gasteiger charge is 2.49. The molecule has 1 N–H and O–H groups in total. The Morgan fingerprint density at radius 3 is 2.79 bits per heavy atom. The number of fused-ring (bicyclic) bond motifs is 5. The van der Waals surface area contributed by atoms with Gasteiger partial charge in [-0.1, -0.05) is 41.9 Å². The Morgan fingerprint density at radius 1 is 1.12 bits per heavy atom. The third kappa shape index (κ3) is 4.46. The largest absolute Gasteiger partial charge is 0.461 e. The molecule has 4 fully saturated rings. The molecule has 0 spiro atoms. The fraction of sp³-hybridized carbons (Fsp3) is 0.455. The molecule has 0 amide bonds. The van der Waals surface area contributed by atoms with Gasteiger partial charge in [-0.25, -0.2) is 13.2 Å². The molecule has 0 aliphatic carbocycles. The molecule has 10 heteroatoms. The van der Waals surface area contributed by atoms with Crippen LogP contribution in [0.2, 0.25) is 5.02 Å². The van der Waals surface area contributed by atoms with Gasteiger partial charge >= 0.3 is 6.01 Å². The van der Waals surface area contributed by atoms with Crippen molar-refractivity contribution >= 4 is 39.1 Å². The normalized spacial score (nSPS) is 28.7. The number of rotatable bonds is 5. The van der Waals surface area contributed by atoms with E-state index in [1.165, 1.54) is 6.07 Å². The van der Waals surface area contributed by atoms with E-state index in [2.05, 4.69) is 27.0 Å². The smallest absolute Gasteiger partial charge is 0.319 e. The number of hydrogen-bond acceptors (Lipinski definition) is 6. The van der Waals surface area contributed by atoms with Gasteiger partial charge in [0.15, 0.2) is 5.82 Å².